The van der Waals surface area contributed by atoms with Crippen LogP contribution in [0, 0.1) is 0 Å². The molecule has 0 aliphatic carbocycles. The van der Waals surface area contributed by atoms with Crippen LogP contribution in [0.3, 0.4) is 0 Å². The number of aryl methyl sites for hydroxylation is 1. The third kappa shape index (κ3) is 4.73. The van der Waals surface area contributed by atoms with E-state index < -0.39 is 0 Å². The van der Waals surface area contributed by atoms with Crippen molar-refractivity contribution in [3.63, 3.8) is 0 Å². The predicted molar refractivity (Wildman–Crippen MR) is 109 cm³/mol. The second kappa shape index (κ2) is 8.81. The lowest BCUT2D eigenvalue weighted by Gasteiger charge is -2.01. The van der Waals surface area contributed by atoms with Crippen molar-refractivity contribution in [3.8, 4) is 0 Å². The summed E-state index contributed by atoms with van der Waals surface area (Å²) in [5.74, 6) is -0.129. The van der Waals surface area contributed by atoms with Gasteiger partial charge >= 0.3 is 0 Å². The normalized spacial score (nSPS) is 11.8. The number of thioether (sulfide) groups is 1. The highest BCUT2D eigenvalue weighted by atomic mass is 35.5. The zero-order chi connectivity index (χ0) is 18.5. The van der Waals surface area contributed by atoms with Crippen molar-refractivity contribution in [1.29, 1.82) is 0 Å². The Balaban J connectivity index is 1.63. The van der Waals surface area contributed by atoms with Crippen LogP contribution in [0.4, 0.5) is 5.13 Å². The summed E-state index contributed by atoms with van der Waals surface area (Å²) in [7, 11) is 0. The largest absolute Gasteiger partial charge is 0.317 e. The SMILES string of the molecule is CCn1c(=NC(=O)CSCC(=O)Nc2nccs2)sc2cc(Cl)ccc21. The molecule has 136 valence electrons. The summed E-state index contributed by atoms with van der Waals surface area (Å²) in [5.41, 5.74) is 1.00. The third-order valence-electron chi connectivity index (χ3n) is 3.32. The number of anilines is 1. The van der Waals surface area contributed by atoms with E-state index in [1.807, 2.05) is 29.7 Å². The van der Waals surface area contributed by atoms with Crippen molar-refractivity contribution in [3.05, 3.63) is 39.6 Å². The number of halogens is 1. The van der Waals surface area contributed by atoms with E-state index in [0.29, 0.717) is 21.5 Å². The quantitative estimate of drug-likeness (QED) is 0.652. The van der Waals surface area contributed by atoms with Gasteiger partial charge in [0.15, 0.2) is 9.93 Å². The van der Waals surface area contributed by atoms with E-state index in [4.69, 9.17) is 11.6 Å². The molecule has 1 N–H and O–H groups in total. The molecule has 2 heterocycles. The second-order valence-corrected chi connectivity index (χ2v) is 8.45. The number of thiazole rings is 2. The molecule has 3 aromatic rings. The smallest absolute Gasteiger partial charge is 0.258 e. The maximum absolute atomic E-state index is 12.2. The van der Waals surface area contributed by atoms with Crippen LogP contribution in [-0.4, -0.2) is 32.9 Å². The summed E-state index contributed by atoms with van der Waals surface area (Å²) in [4.78, 5) is 32.8. The van der Waals surface area contributed by atoms with Crippen LogP contribution in [0.25, 0.3) is 10.2 Å². The fourth-order valence-electron chi connectivity index (χ4n) is 2.25. The number of carbonyl (C=O) groups excluding carboxylic acids is 2. The third-order valence-corrected chi connectivity index (χ3v) is 6.20. The Kier molecular flexibility index (Phi) is 6.47. The van der Waals surface area contributed by atoms with Gasteiger partial charge in [-0.1, -0.05) is 22.9 Å². The maximum Gasteiger partial charge on any atom is 0.258 e. The van der Waals surface area contributed by atoms with Crippen LogP contribution in [-0.2, 0) is 16.1 Å². The minimum absolute atomic E-state index is 0.143. The standard InChI is InChI=1S/C16H15ClN4O2S3/c1-2-21-11-4-3-10(17)7-12(11)26-16(21)20-14(23)9-24-8-13(22)19-15-18-5-6-25-15/h3-7H,2,8-9H2,1H3,(H,18,19,22). The molecule has 0 aliphatic rings. The van der Waals surface area contributed by atoms with Gasteiger partial charge in [-0.15, -0.1) is 23.1 Å². The molecule has 3 rings (SSSR count). The fourth-order valence-corrected chi connectivity index (χ4v) is 4.78. The van der Waals surface area contributed by atoms with Gasteiger partial charge in [0.05, 0.1) is 21.7 Å². The number of fused-ring (bicyclic) bond motifs is 1. The van der Waals surface area contributed by atoms with Gasteiger partial charge in [-0.3, -0.25) is 9.59 Å². The van der Waals surface area contributed by atoms with Gasteiger partial charge in [0.1, 0.15) is 0 Å². The molecule has 10 heteroatoms. The first-order valence-corrected chi connectivity index (χ1v) is 10.9. The lowest BCUT2D eigenvalue weighted by Crippen LogP contribution is -2.18. The first-order chi connectivity index (χ1) is 12.6. The molecule has 0 unspecified atom stereocenters. The first-order valence-electron chi connectivity index (χ1n) is 7.70. The molecule has 0 bridgehead atoms. The molecule has 0 spiro atoms. The lowest BCUT2D eigenvalue weighted by molar-refractivity contribution is -0.115. The molecule has 0 fully saturated rings. The average molecular weight is 427 g/mol. The van der Waals surface area contributed by atoms with E-state index in [2.05, 4.69) is 15.3 Å². The van der Waals surface area contributed by atoms with Crippen LogP contribution < -0.4 is 10.1 Å². The van der Waals surface area contributed by atoms with E-state index in [1.165, 1.54) is 34.4 Å². The summed E-state index contributed by atoms with van der Waals surface area (Å²) in [5, 5.41) is 5.67. The molecule has 0 radical (unpaired) electrons. The van der Waals surface area contributed by atoms with Crippen LogP contribution >= 0.6 is 46.0 Å². The average Bonchev–Trinajstić information content (AvgIpc) is 3.21. The molecule has 2 aromatic heterocycles. The first kappa shape index (κ1) is 19.1. The molecule has 26 heavy (non-hydrogen) atoms. The van der Waals surface area contributed by atoms with Crippen molar-refractivity contribution in [2.45, 2.75) is 13.5 Å². The molecule has 0 saturated carbocycles. The Morgan fingerprint density at radius 2 is 2.23 bits per heavy atom. The fraction of sp³-hybridized carbons (Fsp3) is 0.250. The maximum atomic E-state index is 12.2. The molecule has 1 aromatic carbocycles. The van der Waals surface area contributed by atoms with Crippen LogP contribution in [0.15, 0.2) is 34.8 Å². The van der Waals surface area contributed by atoms with Gasteiger partial charge in [-0.05, 0) is 25.1 Å². The molecule has 6 nitrogen and oxygen atoms in total. The van der Waals surface area contributed by atoms with E-state index in [0.717, 1.165) is 10.2 Å². The summed E-state index contributed by atoms with van der Waals surface area (Å²) in [6, 6.07) is 5.62. The van der Waals surface area contributed by atoms with Crippen LogP contribution in [0.5, 0.6) is 0 Å². The van der Waals surface area contributed by atoms with Crippen molar-refractivity contribution in [1.82, 2.24) is 9.55 Å². The number of nitrogens with zero attached hydrogens (tertiary/aromatic N) is 3. The Labute approximate surface area is 166 Å². The number of benzene rings is 1. The number of rotatable bonds is 6. The predicted octanol–water partition coefficient (Wildman–Crippen LogP) is 3.63. The van der Waals surface area contributed by atoms with Crippen molar-refractivity contribution >= 4 is 73.2 Å². The summed E-state index contributed by atoms with van der Waals surface area (Å²) < 4.78 is 2.97. The Hall–Kier alpha value is -1.68. The van der Waals surface area contributed by atoms with Crippen molar-refractivity contribution < 1.29 is 9.59 Å². The van der Waals surface area contributed by atoms with E-state index in [-0.39, 0.29) is 23.3 Å². The lowest BCUT2D eigenvalue weighted by atomic mass is 10.3. The van der Waals surface area contributed by atoms with Gasteiger partial charge in [-0.2, -0.15) is 4.99 Å². The second-order valence-electron chi connectivity index (χ2n) is 5.12. The minimum Gasteiger partial charge on any atom is -0.317 e. The highest BCUT2D eigenvalue weighted by molar-refractivity contribution is 8.00. The number of hydrogen-bond acceptors (Lipinski definition) is 6. The Bertz CT molecular complexity index is 995. The highest BCUT2D eigenvalue weighted by Crippen LogP contribution is 2.21. The molecule has 0 aliphatic heterocycles. The van der Waals surface area contributed by atoms with Crippen LogP contribution in [0.1, 0.15) is 6.92 Å². The molecule has 0 saturated heterocycles. The highest BCUT2D eigenvalue weighted by Gasteiger charge is 2.09. The number of amides is 2. The number of nitrogens with one attached hydrogen (secondary N) is 1. The van der Waals surface area contributed by atoms with Gasteiger partial charge in [0, 0.05) is 23.1 Å². The van der Waals surface area contributed by atoms with E-state index in [9.17, 15) is 9.59 Å². The molecule has 2 amide bonds. The molecular weight excluding hydrogens is 412 g/mol. The van der Waals surface area contributed by atoms with Crippen molar-refractivity contribution in [2.24, 2.45) is 4.99 Å². The monoisotopic (exact) mass is 426 g/mol. The van der Waals surface area contributed by atoms with Gasteiger partial charge in [0.25, 0.3) is 5.91 Å². The Morgan fingerprint density at radius 3 is 2.96 bits per heavy atom. The number of aromatic nitrogens is 2. The minimum atomic E-state index is -0.267. The molecule has 0 atom stereocenters. The van der Waals surface area contributed by atoms with E-state index in [1.54, 1.807) is 11.6 Å². The topological polar surface area (TPSA) is 76.3 Å². The zero-order valence-corrected chi connectivity index (χ0v) is 17.0. The number of carbonyl (C=O) groups is 2. The molecular formula is C16H15ClN4O2S3. The summed E-state index contributed by atoms with van der Waals surface area (Å²) >= 11 is 10.0. The summed E-state index contributed by atoms with van der Waals surface area (Å²) in [6.45, 7) is 2.71. The van der Waals surface area contributed by atoms with E-state index >= 15 is 0 Å². The van der Waals surface area contributed by atoms with Crippen molar-refractivity contribution in [2.75, 3.05) is 16.8 Å². The van der Waals surface area contributed by atoms with Gasteiger partial charge in [0.2, 0.25) is 5.91 Å². The summed E-state index contributed by atoms with van der Waals surface area (Å²) in [6.07, 6.45) is 1.62. The zero-order valence-electron chi connectivity index (χ0n) is 13.8. The van der Waals surface area contributed by atoms with Gasteiger partial charge < -0.3 is 9.88 Å². The number of hydrogen-bond donors (Lipinski definition) is 1. The Morgan fingerprint density at radius 1 is 1.38 bits per heavy atom. The van der Waals surface area contributed by atoms with Crippen LogP contribution in [0.2, 0.25) is 5.02 Å². The van der Waals surface area contributed by atoms with Gasteiger partial charge in [-0.25, -0.2) is 4.98 Å².